The second-order valence-electron chi connectivity index (χ2n) is 9.31. The van der Waals surface area contributed by atoms with Gasteiger partial charge in [-0.1, -0.05) is 13.3 Å². The first kappa shape index (κ1) is 27.7. The van der Waals surface area contributed by atoms with E-state index in [4.69, 9.17) is 4.74 Å². The highest BCUT2D eigenvalue weighted by molar-refractivity contribution is 6.04. The number of amides is 4. The van der Waals surface area contributed by atoms with E-state index in [9.17, 15) is 28.4 Å². The predicted molar refractivity (Wildman–Crippen MR) is 127 cm³/mol. The van der Waals surface area contributed by atoms with E-state index in [2.05, 4.69) is 5.32 Å². The van der Waals surface area contributed by atoms with Gasteiger partial charge in [0, 0.05) is 38.8 Å². The zero-order valence-electron chi connectivity index (χ0n) is 20.8. The molecule has 0 aromatic heterocycles. The van der Waals surface area contributed by atoms with E-state index in [1.807, 2.05) is 6.92 Å². The molecule has 1 unspecified atom stereocenters. The van der Waals surface area contributed by atoms with Gasteiger partial charge in [0.1, 0.15) is 17.5 Å². The van der Waals surface area contributed by atoms with Gasteiger partial charge in [-0.05, 0) is 39.3 Å². The summed E-state index contributed by atoms with van der Waals surface area (Å²) in [4.78, 5) is 64.6. The predicted octanol–water partition coefficient (Wildman–Crippen LogP) is 2.21. The number of carbonyl (C=O) groups excluding carboxylic acids is 5. The van der Waals surface area contributed by atoms with Crippen LogP contribution < -0.4 is 10.2 Å². The van der Waals surface area contributed by atoms with Crippen molar-refractivity contribution in [2.75, 3.05) is 38.1 Å². The van der Waals surface area contributed by atoms with E-state index in [-0.39, 0.29) is 36.3 Å². The van der Waals surface area contributed by atoms with Crippen LogP contribution in [0.25, 0.3) is 0 Å². The van der Waals surface area contributed by atoms with Gasteiger partial charge in [-0.25, -0.2) is 9.18 Å². The van der Waals surface area contributed by atoms with Crippen molar-refractivity contribution >= 4 is 36.3 Å². The highest BCUT2D eigenvalue weighted by atomic mass is 19.1. The number of benzene rings is 1. The lowest BCUT2D eigenvalue weighted by Gasteiger charge is -2.37. The van der Waals surface area contributed by atoms with Gasteiger partial charge in [0.25, 0.3) is 5.91 Å². The van der Waals surface area contributed by atoms with Crippen LogP contribution in [0.2, 0.25) is 0 Å². The summed E-state index contributed by atoms with van der Waals surface area (Å²) >= 11 is 0. The second-order valence-corrected chi connectivity index (χ2v) is 9.31. The number of hydrogen-bond donors (Lipinski definition) is 1. The molecular formula is C24H33FN4O6. The van der Waals surface area contributed by atoms with Gasteiger partial charge in [0.05, 0.1) is 11.3 Å². The number of hydrogen-bond acceptors (Lipinski definition) is 7. The Balaban J connectivity index is 2.28. The first-order chi connectivity index (χ1) is 16.4. The lowest BCUT2D eigenvalue weighted by Crippen LogP contribution is -2.50. The molecule has 1 aliphatic rings. The minimum Gasteiger partial charge on any atom is -0.444 e. The third-order valence-corrected chi connectivity index (χ3v) is 5.60. The highest BCUT2D eigenvalue weighted by Crippen LogP contribution is 2.26. The van der Waals surface area contributed by atoms with Crippen LogP contribution in [-0.4, -0.2) is 85.3 Å². The van der Waals surface area contributed by atoms with Crippen molar-refractivity contribution in [1.82, 2.24) is 15.1 Å². The Morgan fingerprint density at radius 3 is 2.31 bits per heavy atom. The molecule has 10 nitrogen and oxygen atoms in total. The fourth-order valence-electron chi connectivity index (χ4n) is 3.82. The van der Waals surface area contributed by atoms with Crippen LogP contribution in [-0.2, 0) is 14.3 Å². The number of aldehydes is 1. The largest absolute Gasteiger partial charge is 0.444 e. The molecule has 192 valence electrons. The first-order valence-corrected chi connectivity index (χ1v) is 11.5. The van der Waals surface area contributed by atoms with E-state index >= 15 is 0 Å². The topological polar surface area (TPSA) is 116 Å². The Bertz CT molecular complexity index is 969. The SMILES string of the molecule is CCCC(C(=O)NC=O)N(C)C(=O)c1cc(N2CCN(C(=O)OC(C)(C)C)CC2)c(F)cc1C=O. The quantitative estimate of drug-likeness (QED) is 0.553. The van der Waals surface area contributed by atoms with Crippen LogP contribution in [0.1, 0.15) is 61.3 Å². The number of piperazine rings is 1. The summed E-state index contributed by atoms with van der Waals surface area (Å²) in [5, 5.41) is 2.05. The average Bonchev–Trinajstić information content (AvgIpc) is 2.80. The monoisotopic (exact) mass is 492 g/mol. The number of ether oxygens (including phenoxy) is 1. The van der Waals surface area contributed by atoms with Gasteiger partial charge in [-0.3, -0.25) is 24.5 Å². The minimum atomic E-state index is -0.942. The van der Waals surface area contributed by atoms with E-state index in [1.165, 1.54) is 18.0 Å². The van der Waals surface area contributed by atoms with Crippen LogP contribution >= 0.6 is 0 Å². The van der Waals surface area contributed by atoms with E-state index in [0.29, 0.717) is 32.2 Å². The zero-order valence-corrected chi connectivity index (χ0v) is 20.8. The summed E-state index contributed by atoms with van der Waals surface area (Å²) in [7, 11) is 1.39. The lowest BCUT2D eigenvalue weighted by atomic mass is 10.0. The van der Waals surface area contributed by atoms with E-state index in [0.717, 1.165) is 11.0 Å². The molecule has 1 aromatic rings. The smallest absolute Gasteiger partial charge is 0.410 e. The molecule has 1 atom stereocenters. The molecule has 0 spiro atoms. The number of nitrogens with zero attached hydrogens (tertiary/aromatic N) is 3. The van der Waals surface area contributed by atoms with Gasteiger partial charge in [-0.15, -0.1) is 0 Å². The van der Waals surface area contributed by atoms with Gasteiger partial charge in [0.2, 0.25) is 12.3 Å². The Kier molecular flexibility index (Phi) is 9.32. The number of rotatable bonds is 8. The van der Waals surface area contributed by atoms with Crippen LogP contribution in [0.4, 0.5) is 14.9 Å². The molecule has 0 aliphatic carbocycles. The molecule has 1 aromatic carbocycles. The fourth-order valence-corrected chi connectivity index (χ4v) is 3.82. The van der Waals surface area contributed by atoms with Crippen molar-refractivity contribution in [3.8, 4) is 0 Å². The number of imide groups is 1. The summed E-state index contributed by atoms with van der Waals surface area (Å²) in [6.07, 6.45) is 1.02. The first-order valence-electron chi connectivity index (χ1n) is 11.5. The van der Waals surface area contributed by atoms with Crippen LogP contribution in [0.3, 0.4) is 0 Å². The second kappa shape index (κ2) is 11.8. The van der Waals surface area contributed by atoms with Gasteiger partial charge in [0.15, 0.2) is 6.29 Å². The Hall–Kier alpha value is -3.50. The molecule has 4 amide bonds. The lowest BCUT2D eigenvalue weighted by molar-refractivity contribution is -0.128. The van der Waals surface area contributed by atoms with Crippen molar-refractivity contribution in [1.29, 1.82) is 0 Å². The molecule has 1 fully saturated rings. The number of nitrogens with one attached hydrogen (secondary N) is 1. The Labute approximate surface area is 204 Å². The van der Waals surface area contributed by atoms with Crippen molar-refractivity contribution in [3.05, 3.63) is 29.1 Å². The minimum absolute atomic E-state index is 0.0616. The summed E-state index contributed by atoms with van der Waals surface area (Å²) in [6, 6.07) is 1.34. The molecule has 0 bridgehead atoms. The van der Waals surface area contributed by atoms with Gasteiger partial charge < -0.3 is 19.4 Å². The zero-order chi connectivity index (χ0) is 26.3. The summed E-state index contributed by atoms with van der Waals surface area (Å²) < 4.78 is 20.3. The van der Waals surface area contributed by atoms with Gasteiger partial charge >= 0.3 is 6.09 Å². The molecule has 1 N–H and O–H groups in total. The third kappa shape index (κ3) is 7.00. The normalized spacial score (nSPS) is 14.7. The molecular weight excluding hydrogens is 459 g/mol. The fraction of sp³-hybridized carbons (Fsp3) is 0.542. The molecule has 0 saturated carbocycles. The molecule has 1 saturated heterocycles. The van der Waals surface area contributed by atoms with Crippen LogP contribution in [0.15, 0.2) is 12.1 Å². The highest BCUT2D eigenvalue weighted by Gasteiger charge is 2.31. The van der Waals surface area contributed by atoms with Crippen molar-refractivity contribution in [2.45, 2.75) is 52.2 Å². The van der Waals surface area contributed by atoms with Crippen LogP contribution in [0, 0.1) is 5.82 Å². The third-order valence-electron chi connectivity index (χ3n) is 5.60. The number of anilines is 1. The van der Waals surface area contributed by atoms with Crippen LogP contribution in [0.5, 0.6) is 0 Å². The molecule has 0 radical (unpaired) electrons. The van der Waals surface area contributed by atoms with E-state index in [1.54, 1.807) is 25.7 Å². The maximum atomic E-state index is 14.9. The molecule has 1 aliphatic heterocycles. The van der Waals surface area contributed by atoms with Crippen molar-refractivity contribution in [3.63, 3.8) is 0 Å². The van der Waals surface area contributed by atoms with Crippen molar-refractivity contribution < 1.29 is 33.1 Å². The molecule has 2 rings (SSSR count). The summed E-state index contributed by atoms with van der Waals surface area (Å²) in [5.41, 5.74) is -0.736. The maximum absolute atomic E-state index is 14.9. The van der Waals surface area contributed by atoms with E-state index < -0.39 is 35.4 Å². The molecule has 35 heavy (non-hydrogen) atoms. The maximum Gasteiger partial charge on any atom is 0.410 e. The summed E-state index contributed by atoms with van der Waals surface area (Å²) in [6.45, 7) is 8.30. The van der Waals surface area contributed by atoms with Crippen molar-refractivity contribution in [2.24, 2.45) is 0 Å². The number of carbonyl (C=O) groups is 5. The summed E-state index contributed by atoms with van der Waals surface area (Å²) in [5.74, 6) is -1.98. The van der Waals surface area contributed by atoms with Gasteiger partial charge in [-0.2, -0.15) is 0 Å². The Morgan fingerprint density at radius 2 is 1.80 bits per heavy atom. The average molecular weight is 493 g/mol. The molecule has 11 heteroatoms. The standard InChI is InChI=1S/C24H33FN4O6/c1-6-7-19(21(32)26-15-31)27(5)22(33)17-13-20(18(25)12-16(17)14-30)28-8-10-29(11-9-28)23(34)35-24(2,3)4/h12-15,19H,6-11H2,1-5H3,(H,26,31,32). The number of likely N-dealkylation sites (N-methyl/N-ethyl adjacent to an activating group) is 1. The number of halogens is 1. The Morgan fingerprint density at radius 1 is 1.17 bits per heavy atom. The molecule has 1 heterocycles.